The van der Waals surface area contributed by atoms with Gasteiger partial charge in [-0.2, -0.15) is 0 Å². The van der Waals surface area contributed by atoms with E-state index in [0.717, 1.165) is 19.4 Å². The molecule has 2 heterocycles. The topological polar surface area (TPSA) is 80.5 Å². The molecule has 0 saturated carbocycles. The van der Waals surface area contributed by atoms with E-state index in [-0.39, 0.29) is 12.0 Å². The van der Waals surface area contributed by atoms with E-state index >= 15 is 0 Å². The number of hydrogen-bond acceptors (Lipinski definition) is 5. The third kappa shape index (κ3) is 2.77. The van der Waals surface area contributed by atoms with Crippen molar-refractivity contribution < 1.29 is 9.53 Å². The number of carbonyl (C=O) groups is 1. The number of nitrogens with one attached hydrogen (secondary N) is 1. The number of hydrogen-bond donors (Lipinski definition) is 2. The third-order valence-electron chi connectivity index (χ3n) is 3.06. The smallest absolute Gasteiger partial charge is 0.257 e. The predicted octanol–water partition coefficient (Wildman–Crippen LogP) is 0.618. The van der Waals surface area contributed by atoms with Crippen LogP contribution in [0, 0.1) is 0 Å². The van der Waals surface area contributed by atoms with Gasteiger partial charge >= 0.3 is 0 Å². The van der Waals surface area contributed by atoms with Crippen LogP contribution in [0.1, 0.15) is 23.2 Å². The van der Waals surface area contributed by atoms with Gasteiger partial charge in [0.25, 0.3) is 5.91 Å². The Balaban J connectivity index is 2.05. The lowest BCUT2D eigenvalue weighted by Gasteiger charge is -2.21. The SMILES string of the molecule is CN(CC1CCCO1)C(=O)c1cnccc1NN. The molecule has 6 heteroatoms. The quantitative estimate of drug-likeness (QED) is 0.605. The lowest BCUT2D eigenvalue weighted by Crippen LogP contribution is -2.34. The van der Waals surface area contributed by atoms with Crippen molar-refractivity contribution in [1.29, 1.82) is 0 Å². The number of pyridine rings is 1. The second-order valence-corrected chi connectivity index (χ2v) is 4.39. The average Bonchev–Trinajstić information content (AvgIpc) is 2.90. The summed E-state index contributed by atoms with van der Waals surface area (Å²) in [4.78, 5) is 17.8. The molecule has 1 aromatic heterocycles. The van der Waals surface area contributed by atoms with Crippen LogP contribution in [-0.4, -0.2) is 42.1 Å². The number of rotatable bonds is 4. The van der Waals surface area contributed by atoms with Crippen LogP contribution in [0.5, 0.6) is 0 Å². The number of nitrogen functional groups attached to an aromatic ring is 1. The lowest BCUT2D eigenvalue weighted by atomic mass is 10.2. The fourth-order valence-electron chi connectivity index (χ4n) is 2.07. The molecule has 2 rings (SSSR count). The summed E-state index contributed by atoms with van der Waals surface area (Å²) >= 11 is 0. The number of nitrogens with two attached hydrogens (primary N) is 1. The molecule has 1 aromatic rings. The van der Waals surface area contributed by atoms with E-state index in [2.05, 4.69) is 10.4 Å². The number of ether oxygens (including phenoxy) is 1. The molecule has 1 aliphatic rings. The van der Waals surface area contributed by atoms with Crippen LogP contribution in [-0.2, 0) is 4.74 Å². The molecule has 1 fully saturated rings. The highest BCUT2D eigenvalue weighted by molar-refractivity contribution is 5.99. The zero-order valence-corrected chi connectivity index (χ0v) is 10.4. The summed E-state index contributed by atoms with van der Waals surface area (Å²) in [6, 6.07) is 1.67. The number of nitrogens with zero attached hydrogens (tertiary/aromatic N) is 2. The van der Waals surface area contributed by atoms with Gasteiger partial charge in [0.15, 0.2) is 0 Å². The fourth-order valence-corrected chi connectivity index (χ4v) is 2.07. The molecule has 1 unspecified atom stereocenters. The second kappa shape index (κ2) is 5.79. The molecule has 1 aliphatic heterocycles. The first-order valence-electron chi connectivity index (χ1n) is 6.00. The van der Waals surface area contributed by atoms with Gasteiger partial charge in [0.05, 0.1) is 17.4 Å². The van der Waals surface area contributed by atoms with Crippen LogP contribution in [0.15, 0.2) is 18.5 Å². The highest BCUT2D eigenvalue weighted by Gasteiger charge is 2.22. The highest BCUT2D eigenvalue weighted by Crippen LogP contribution is 2.17. The largest absolute Gasteiger partial charge is 0.376 e. The molecule has 6 nitrogen and oxygen atoms in total. The van der Waals surface area contributed by atoms with E-state index in [1.54, 1.807) is 24.2 Å². The van der Waals surface area contributed by atoms with E-state index in [4.69, 9.17) is 10.6 Å². The van der Waals surface area contributed by atoms with Gasteiger partial charge in [0, 0.05) is 32.6 Å². The van der Waals surface area contributed by atoms with Crippen molar-refractivity contribution in [1.82, 2.24) is 9.88 Å². The molecule has 0 aromatic carbocycles. The predicted molar refractivity (Wildman–Crippen MR) is 68.0 cm³/mol. The Labute approximate surface area is 106 Å². The van der Waals surface area contributed by atoms with Crippen molar-refractivity contribution in [3.8, 4) is 0 Å². The van der Waals surface area contributed by atoms with E-state index in [9.17, 15) is 4.79 Å². The normalized spacial score (nSPS) is 18.7. The number of amides is 1. The van der Waals surface area contributed by atoms with Crippen LogP contribution in [0.2, 0.25) is 0 Å². The third-order valence-corrected chi connectivity index (χ3v) is 3.06. The van der Waals surface area contributed by atoms with Crippen LogP contribution >= 0.6 is 0 Å². The fraction of sp³-hybridized carbons (Fsp3) is 0.500. The molecule has 98 valence electrons. The van der Waals surface area contributed by atoms with E-state index < -0.39 is 0 Å². The Morgan fingerprint density at radius 2 is 2.56 bits per heavy atom. The number of aromatic nitrogens is 1. The summed E-state index contributed by atoms with van der Waals surface area (Å²) in [6.45, 7) is 1.38. The van der Waals surface area contributed by atoms with Crippen LogP contribution < -0.4 is 11.3 Å². The number of likely N-dealkylation sites (N-methyl/N-ethyl adjacent to an activating group) is 1. The molecule has 0 spiro atoms. The molecule has 0 radical (unpaired) electrons. The minimum absolute atomic E-state index is 0.105. The van der Waals surface area contributed by atoms with E-state index in [1.165, 1.54) is 6.20 Å². The monoisotopic (exact) mass is 250 g/mol. The van der Waals surface area contributed by atoms with Crippen molar-refractivity contribution in [2.45, 2.75) is 18.9 Å². The first-order valence-corrected chi connectivity index (χ1v) is 6.00. The van der Waals surface area contributed by atoms with E-state index in [1.807, 2.05) is 0 Å². The molecule has 1 atom stereocenters. The maximum Gasteiger partial charge on any atom is 0.257 e. The van der Waals surface area contributed by atoms with Gasteiger partial charge in [0.2, 0.25) is 0 Å². The minimum atomic E-state index is -0.105. The van der Waals surface area contributed by atoms with Crippen molar-refractivity contribution in [3.05, 3.63) is 24.0 Å². The average molecular weight is 250 g/mol. The summed E-state index contributed by atoms with van der Waals surface area (Å²) in [5.74, 6) is 5.27. The van der Waals surface area contributed by atoms with Crippen LogP contribution in [0.3, 0.4) is 0 Å². The Morgan fingerprint density at radius 1 is 1.72 bits per heavy atom. The maximum absolute atomic E-state index is 12.2. The number of anilines is 1. The molecule has 18 heavy (non-hydrogen) atoms. The Bertz CT molecular complexity index is 418. The summed E-state index contributed by atoms with van der Waals surface area (Å²) < 4.78 is 5.52. The molecule has 0 aliphatic carbocycles. The summed E-state index contributed by atoms with van der Waals surface area (Å²) in [5, 5.41) is 0. The molecule has 0 bridgehead atoms. The van der Waals surface area contributed by atoms with Crippen molar-refractivity contribution in [3.63, 3.8) is 0 Å². The van der Waals surface area contributed by atoms with Gasteiger partial charge < -0.3 is 15.1 Å². The molecular weight excluding hydrogens is 232 g/mol. The molecule has 3 N–H and O–H groups in total. The lowest BCUT2D eigenvalue weighted by molar-refractivity contribution is 0.0587. The number of hydrazine groups is 1. The number of carbonyl (C=O) groups excluding carboxylic acids is 1. The minimum Gasteiger partial charge on any atom is -0.376 e. The van der Waals surface area contributed by atoms with Gasteiger partial charge in [-0.3, -0.25) is 15.6 Å². The van der Waals surface area contributed by atoms with Gasteiger partial charge in [-0.25, -0.2) is 0 Å². The zero-order valence-electron chi connectivity index (χ0n) is 10.4. The van der Waals surface area contributed by atoms with Gasteiger partial charge in [0.1, 0.15) is 0 Å². The van der Waals surface area contributed by atoms with Crippen molar-refractivity contribution >= 4 is 11.6 Å². The summed E-state index contributed by atoms with van der Waals surface area (Å²) in [6.07, 6.45) is 5.32. The van der Waals surface area contributed by atoms with E-state index in [0.29, 0.717) is 17.8 Å². The van der Waals surface area contributed by atoms with Gasteiger partial charge in [-0.05, 0) is 18.9 Å². The zero-order chi connectivity index (χ0) is 13.0. The molecule has 1 amide bonds. The Morgan fingerprint density at radius 3 is 3.22 bits per heavy atom. The standard InChI is InChI=1S/C12H18N4O2/c1-16(8-9-3-2-6-18-9)12(17)10-7-14-5-4-11(10)15-13/h4-5,7,9H,2-3,6,8,13H2,1H3,(H,14,15). The van der Waals surface area contributed by atoms with Gasteiger partial charge in [-0.15, -0.1) is 0 Å². The summed E-state index contributed by atoms with van der Waals surface area (Å²) in [7, 11) is 1.76. The van der Waals surface area contributed by atoms with Gasteiger partial charge in [-0.1, -0.05) is 0 Å². The highest BCUT2D eigenvalue weighted by atomic mass is 16.5. The first kappa shape index (κ1) is 12.8. The second-order valence-electron chi connectivity index (χ2n) is 4.39. The molecular formula is C12H18N4O2. The maximum atomic E-state index is 12.2. The van der Waals surface area contributed by atoms with Crippen LogP contribution in [0.25, 0.3) is 0 Å². The molecule has 1 saturated heterocycles. The van der Waals surface area contributed by atoms with Crippen molar-refractivity contribution in [2.75, 3.05) is 25.6 Å². The first-order chi connectivity index (χ1) is 8.72. The Kier molecular flexibility index (Phi) is 4.11. The summed E-state index contributed by atoms with van der Waals surface area (Å²) in [5.41, 5.74) is 3.56. The Hall–Kier alpha value is -1.66. The van der Waals surface area contributed by atoms with Crippen molar-refractivity contribution in [2.24, 2.45) is 5.84 Å². The van der Waals surface area contributed by atoms with Crippen LogP contribution in [0.4, 0.5) is 5.69 Å².